The molecule has 1 aromatic heterocycles. The molecule has 0 aliphatic carbocycles. The number of hydrogen-bond donors (Lipinski definition) is 1. The Morgan fingerprint density at radius 3 is 2.71 bits per heavy atom. The largest absolute Gasteiger partial charge is 0.439 e. The zero-order valence-electron chi connectivity index (χ0n) is 12.3. The van der Waals surface area contributed by atoms with E-state index in [1.165, 1.54) is 18.2 Å². The van der Waals surface area contributed by atoms with Crippen LogP contribution in [0.5, 0.6) is 11.6 Å². The minimum absolute atomic E-state index is 0.0295. The quantitative estimate of drug-likeness (QED) is 0.884. The van der Waals surface area contributed by atoms with Gasteiger partial charge in [0.1, 0.15) is 11.6 Å². The van der Waals surface area contributed by atoms with E-state index in [9.17, 15) is 4.39 Å². The van der Waals surface area contributed by atoms with Gasteiger partial charge in [0, 0.05) is 30.4 Å². The van der Waals surface area contributed by atoms with Crippen molar-refractivity contribution in [3.63, 3.8) is 0 Å². The first-order valence-corrected chi connectivity index (χ1v) is 7.15. The maximum absolute atomic E-state index is 13.1. The molecule has 0 fully saturated rings. The molecule has 2 aromatic rings. The van der Waals surface area contributed by atoms with Crippen molar-refractivity contribution in [3.05, 3.63) is 52.4 Å². The molecule has 0 aliphatic rings. The van der Waals surface area contributed by atoms with Crippen molar-refractivity contribution in [2.75, 3.05) is 0 Å². The third-order valence-electron chi connectivity index (χ3n) is 2.82. The zero-order valence-corrected chi connectivity index (χ0v) is 13.0. The Kier molecular flexibility index (Phi) is 5.15. The Bertz CT molecular complexity index is 632. The first-order valence-electron chi connectivity index (χ1n) is 6.78. The predicted molar refractivity (Wildman–Crippen MR) is 82.4 cm³/mol. The molecule has 5 heteroatoms. The van der Waals surface area contributed by atoms with Crippen LogP contribution in [0.2, 0.25) is 5.02 Å². The van der Waals surface area contributed by atoms with Gasteiger partial charge in [-0.3, -0.25) is 0 Å². The number of ether oxygens (including phenoxy) is 1. The Hall–Kier alpha value is -1.65. The van der Waals surface area contributed by atoms with Crippen LogP contribution in [0.25, 0.3) is 0 Å². The van der Waals surface area contributed by atoms with Crippen molar-refractivity contribution in [1.29, 1.82) is 0 Å². The van der Waals surface area contributed by atoms with Crippen LogP contribution in [0, 0.1) is 12.7 Å². The van der Waals surface area contributed by atoms with Crippen LogP contribution < -0.4 is 10.1 Å². The molecule has 0 saturated heterocycles. The number of nitrogens with one attached hydrogen (secondary N) is 1. The van der Waals surface area contributed by atoms with Crippen molar-refractivity contribution >= 4 is 11.6 Å². The summed E-state index contributed by atoms with van der Waals surface area (Å²) in [5.74, 6) is 0.462. The van der Waals surface area contributed by atoms with E-state index in [1.54, 1.807) is 0 Å². The molecule has 0 unspecified atom stereocenters. The van der Waals surface area contributed by atoms with Crippen LogP contribution in [-0.2, 0) is 6.54 Å². The molecule has 21 heavy (non-hydrogen) atoms. The molecule has 0 radical (unpaired) electrons. The molecule has 1 N–H and O–H groups in total. The monoisotopic (exact) mass is 308 g/mol. The average molecular weight is 309 g/mol. The molecule has 0 atom stereocenters. The number of nitrogens with zero attached hydrogens (tertiary/aromatic N) is 1. The van der Waals surface area contributed by atoms with Gasteiger partial charge in [0.15, 0.2) is 0 Å². The Labute approximate surface area is 129 Å². The predicted octanol–water partition coefficient (Wildman–Crippen LogP) is 4.47. The number of hydrogen-bond acceptors (Lipinski definition) is 3. The third kappa shape index (κ3) is 4.69. The Morgan fingerprint density at radius 2 is 2.05 bits per heavy atom. The number of rotatable bonds is 5. The number of halogens is 2. The lowest BCUT2D eigenvalue weighted by molar-refractivity contribution is 0.458. The second-order valence-electron chi connectivity index (χ2n) is 5.17. The molecule has 1 aromatic carbocycles. The van der Waals surface area contributed by atoms with Crippen molar-refractivity contribution in [2.45, 2.75) is 33.4 Å². The van der Waals surface area contributed by atoms with E-state index >= 15 is 0 Å². The fourth-order valence-corrected chi connectivity index (χ4v) is 2.01. The smallest absolute Gasteiger partial charge is 0.219 e. The highest BCUT2D eigenvalue weighted by Gasteiger charge is 2.06. The van der Waals surface area contributed by atoms with E-state index in [0.717, 1.165) is 17.8 Å². The summed E-state index contributed by atoms with van der Waals surface area (Å²) in [5.41, 5.74) is 1.95. The van der Waals surface area contributed by atoms with E-state index in [4.69, 9.17) is 16.3 Å². The standard InChI is InChI=1S/C16H18ClFN2O/c1-10(2)19-9-12-6-11(3)20-16(7-12)21-13-4-5-15(18)14(17)8-13/h4-8,10,19H,9H2,1-3H3. The minimum Gasteiger partial charge on any atom is -0.439 e. The minimum atomic E-state index is -0.469. The Morgan fingerprint density at radius 1 is 1.29 bits per heavy atom. The van der Waals surface area contributed by atoms with Crippen LogP contribution in [0.15, 0.2) is 30.3 Å². The van der Waals surface area contributed by atoms with Gasteiger partial charge in [0.2, 0.25) is 5.88 Å². The van der Waals surface area contributed by atoms with Crippen molar-refractivity contribution in [2.24, 2.45) is 0 Å². The summed E-state index contributed by atoms with van der Waals surface area (Å²) in [6.45, 7) is 6.82. The number of aromatic nitrogens is 1. The van der Waals surface area contributed by atoms with Crippen LogP contribution in [0.1, 0.15) is 25.1 Å². The van der Waals surface area contributed by atoms with Crippen LogP contribution in [-0.4, -0.2) is 11.0 Å². The fraction of sp³-hybridized carbons (Fsp3) is 0.312. The number of benzene rings is 1. The Balaban J connectivity index is 2.17. The van der Waals surface area contributed by atoms with Gasteiger partial charge in [0.25, 0.3) is 0 Å². The summed E-state index contributed by atoms with van der Waals surface area (Å²) < 4.78 is 18.8. The lowest BCUT2D eigenvalue weighted by Gasteiger charge is -2.11. The van der Waals surface area contributed by atoms with E-state index in [2.05, 4.69) is 24.1 Å². The van der Waals surface area contributed by atoms with Gasteiger partial charge in [-0.05, 0) is 30.7 Å². The number of pyridine rings is 1. The van der Waals surface area contributed by atoms with Crippen molar-refractivity contribution in [3.8, 4) is 11.6 Å². The van der Waals surface area contributed by atoms with Gasteiger partial charge < -0.3 is 10.1 Å². The van der Waals surface area contributed by atoms with E-state index in [1.807, 2.05) is 19.1 Å². The van der Waals surface area contributed by atoms with Gasteiger partial charge in [-0.15, -0.1) is 0 Å². The van der Waals surface area contributed by atoms with Gasteiger partial charge in [-0.1, -0.05) is 25.4 Å². The van der Waals surface area contributed by atoms with Crippen LogP contribution >= 0.6 is 11.6 Å². The SMILES string of the molecule is Cc1cc(CNC(C)C)cc(Oc2ccc(F)c(Cl)c2)n1. The first kappa shape index (κ1) is 15.7. The summed E-state index contributed by atoms with van der Waals surface area (Å²) in [7, 11) is 0. The highest BCUT2D eigenvalue weighted by atomic mass is 35.5. The lowest BCUT2D eigenvalue weighted by Crippen LogP contribution is -2.21. The molecule has 0 bridgehead atoms. The first-order chi connectivity index (χ1) is 9.94. The third-order valence-corrected chi connectivity index (χ3v) is 3.11. The average Bonchev–Trinajstić information content (AvgIpc) is 2.40. The van der Waals surface area contributed by atoms with Crippen LogP contribution in [0.3, 0.4) is 0 Å². The second-order valence-corrected chi connectivity index (χ2v) is 5.58. The maximum Gasteiger partial charge on any atom is 0.219 e. The molecular weight excluding hydrogens is 291 g/mol. The zero-order chi connectivity index (χ0) is 15.4. The topological polar surface area (TPSA) is 34.1 Å². The molecule has 0 amide bonds. The summed E-state index contributed by atoms with van der Waals surface area (Å²) in [4.78, 5) is 4.32. The second kappa shape index (κ2) is 6.87. The maximum atomic E-state index is 13.1. The fourth-order valence-electron chi connectivity index (χ4n) is 1.84. The summed E-state index contributed by atoms with van der Waals surface area (Å²) >= 11 is 5.74. The van der Waals surface area contributed by atoms with Crippen LogP contribution in [0.4, 0.5) is 4.39 Å². The molecule has 0 spiro atoms. The molecule has 0 saturated carbocycles. The normalized spacial score (nSPS) is 11.0. The highest BCUT2D eigenvalue weighted by Crippen LogP contribution is 2.25. The van der Waals surface area contributed by atoms with E-state index in [0.29, 0.717) is 17.7 Å². The van der Waals surface area contributed by atoms with Gasteiger partial charge in [-0.25, -0.2) is 9.37 Å². The molecular formula is C16H18ClFN2O. The van der Waals surface area contributed by atoms with Gasteiger partial charge >= 0.3 is 0 Å². The molecule has 1 heterocycles. The van der Waals surface area contributed by atoms with Gasteiger partial charge in [-0.2, -0.15) is 0 Å². The lowest BCUT2D eigenvalue weighted by atomic mass is 10.2. The summed E-state index contributed by atoms with van der Waals surface area (Å²) in [6, 6.07) is 8.50. The van der Waals surface area contributed by atoms with E-state index < -0.39 is 5.82 Å². The molecule has 3 nitrogen and oxygen atoms in total. The number of aryl methyl sites for hydroxylation is 1. The van der Waals surface area contributed by atoms with E-state index in [-0.39, 0.29) is 5.02 Å². The summed E-state index contributed by atoms with van der Waals surface area (Å²) in [5, 5.41) is 3.37. The van der Waals surface area contributed by atoms with Gasteiger partial charge in [0.05, 0.1) is 5.02 Å². The van der Waals surface area contributed by atoms with Crippen molar-refractivity contribution < 1.29 is 9.13 Å². The molecule has 2 rings (SSSR count). The highest BCUT2D eigenvalue weighted by molar-refractivity contribution is 6.30. The molecule has 0 aliphatic heterocycles. The molecule has 112 valence electrons. The van der Waals surface area contributed by atoms with Crippen molar-refractivity contribution in [1.82, 2.24) is 10.3 Å². The summed E-state index contributed by atoms with van der Waals surface area (Å²) in [6.07, 6.45) is 0.